The summed E-state index contributed by atoms with van der Waals surface area (Å²) in [5, 5.41) is -4.83. The quantitative estimate of drug-likeness (QED) is 0.135. The number of halogens is 2. The molecule has 0 aromatic heterocycles. The van der Waals surface area contributed by atoms with Gasteiger partial charge in [-0.2, -0.15) is 17.2 Å². The van der Waals surface area contributed by atoms with Gasteiger partial charge in [-0.25, -0.2) is 9.59 Å². The molecular formula is C35H34B6F2O9S. The molecule has 0 aliphatic heterocycles. The van der Waals surface area contributed by atoms with Crippen molar-refractivity contribution < 1.29 is 50.3 Å². The monoisotopic (exact) mass is 734 g/mol. The molecule has 2 aromatic rings. The van der Waals surface area contributed by atoms with Crippen molar-refractivity contribution in [3.05, 3.63) is 68.8 Å². The number of alkyl halides is 2. The van der Waals surface area contributed by atoms with E-state index < -0.39 is 73.8 Å². The molecule has 6 saturated carbocycles. The fourth-order valence-corrected chi connectivity index (χ4v) is 10.5. The van der Waals surface area contributed by atoms with Crippen LogP contribution in [-0.4, -0.2) is 101 Å². The molecule has 9 nitrogen and oxygen atoms in total. The van der Waals surface area contributed by atoms with Crippen LogP contribution in [0.5, 0.6) is 0 Å². The summed E-state index contributed by atoms with van der Waals surface area (Å²) in [4.78, 5) is 42.9. The molecule has 7 unspecified atom stereocenters. The molecular weight excluding hydrogens is 699 g/mol. The zero-order valence-electron chi connectivity index (χ0n) is 29.2. The third-order valence-electron chi connectivity index (χ3n) is 12.2. The summed E-state index contributed by atoms with van der Waals surface area (Å²) in [6, 6.07) is 6.67. The lowest BCUT2D eigenvalue weighted by Gasteiger charge is -2.77. The second-order valence-electron chi connectivity index (χ2n) is 14.8. The van der Waals surface area contributed by atoms with E-state index in [-0.39, 0.29) is 81.2 Å². The van der Waals surface area contributed by atoms with E-state index in [0.29, 0.717) is 40.3 Å². The van der Waals surface area contributed by atoms with Gasteiger partial charge in [-0.15, -0.1) is 0 Å². The predicted molar refractivity (Wildman–Crippen MR) is 194 cm³/mol. The summed E-state index contributed by atoms with van der Waals surface area (Å²) in [7, 11) is 30.0. The number of rotatable bonds is 14. The van der Waals surface area contributed by atoms with Crippen LogP contribution in [0.25, 0.3) is 0 Å². The van der Waals surface area contributed by atoms with Crippen LogP contribution in [0.15, 0.2) is 24.3 Å². The Morgan fingerprint density at radius 2 is 1.49 bits per heavy atom. The van der Waals surface area contributed by atoms with Crippen LogP contribution in [0, 0.1) is 23.2 Å². The highest BCUT2D eigenvalue weighted by Crippen LogP contribution is 2.78. The van der Waals surface area contributed by atoms with Gasteiger partial charge in [0.05, 0.1) is 63.6 Å². The zero-order chi connectivity index (χ0) is 38.9. The van der Waals surface area contributed by atoms with Gasteiger partial charge >= 0.3 is 33.3 Å². The topological polar surface area (TPSA) is 133 Å². The van der Waals surface area contributed by atoms with Crippen LogP contribution in [-0.2, 0) is 67.0 Å². The summed E-state index contributed by atoms with van der Waals surface area (Å²) in [6.07, 6.45) is -1.94. The third-order valence-corrected chi connectivity index (χ3v) is 13.2. The van der Waals surface area contributed by atoms with Crippen LogP contribution in [0.3, 0.4) is 0 Å². The van der Waals surface area contributed by atoms with Crippen LogP contribution in [0.2, 0.25) is 0 Å². The maximum atomic E-state index is 14.7. The Morgan fingerprint density at radius 1 is 0.849 bits per heavy atom. The van der Waals surface area contributed by atoms with Gasteiger partial charge in [0.25, 0.3) is 0 Å². The molecule has 53 heavy (non-hydrogen) atoms. The molecule has 18 heteroatoms. The van der Waals surface area contributed by atoms with Crippen molar-refractivity contribution >= 4 is 75.1 Å². The summed E-state index contributed by atoms with van der Waals surface area (Å²) in [5.41, 5.74) is -1.22. The van der Waals surface area contributed by atoms with E-state index in [4.69, 9.17) is 61.3 Å². The van der Waals surface area contributed by atoms with Crippen molar-refractivity contribution in [3.63, 3.8) is 0 Å². The molecule has 8 rings (SSSR count). The van der Waals surface area contributed by atoms with Gasteiger partial charge in [0.1, 0.15) is 11.2 Å². The van der Waals surface area contributed by atoms with Crippen LogP contribution in [0.1, 0.15) is 93.1 Å². The molecule has 1 N–H and O–H groups in total. The Kier molecular flexibility index (Phi) is 10.4. The summed E-state index contributed by atoms with van der Waals surface area (Å²) < 4.78 is 79.9. The summed E-state index contributed by atoms with van der Waals surface area (Å²) in [6.45, 7) is 0.655. The van der Waals surface area contributed by atoms with Gasteiger partial charge in [-0.05, 0) is 61.3 Å². The van der Waals surface area contributed by atoms with Crippen molar-refractivity contribution in [1.29, 1.82) is 0 Å². The molecule has 266 valence electrons. The average molecular weight is 734 g/mol. The number of benzene rings is 2. The zero-order valence-corrected chi connectivity index (χ0v) is 30.1. The Bertz CT molecular complexity index is 1970. The van der Waals surface area contributed by atoms with Gasteiger partial charge < -0.3 is 14.2 Å². The smallest absolute Gasteiger partial charge is 0.405 e. The van der Waals surface area contributed by atoms with Crippen LogP contribution < -0.4 is 0 Å². The number of carbonyl (C=O) groups excluding carboxylic acids is 3. The van der Waals surface area contributed by atoms with E-state index in [0.717, 1.165) is 0 Å². The second kappa shape index (κ2) is 13.9. The first kappa shape index (κ1) is 39.7. The lowest BCUT2D eigenvalue weighted by Crippen LogP contribution is -2.83. The SMILES string of the molecule is [B]Cc1cc(C[B])c(C[B])c(C(=O)OC23CC4CC(C(=O)OC(C)C(F)(F)S(=O)(=O)O)(C2)C2CC3C2(OC(=O)c2c(C[B])ccc(C[B])c2C[B])C4)c1. The molecule has 6 aliphatic rings. The molecule has 6 bridgehead atoms. The third kappa shape index (κ3) is 6.03. The molecule has 2 aromatic carbocycles. The first-order valence-electron chi connectivity index (χ1n) is 17.4. The Balaban J connectivity index is 1.45. The molecule has 0 spiro atoms. The molecule has 0 saturated heterocycles. The van der Waals surface area contributed by atoms with E-state index in [9.17, 15) is 36.1 Å². The van der Waals surface area contributed by atoms with Gasteiger partial charge in [0.15, 0.2) is 6.10 Å². The molecule has 12 radical (unpaired) electrons. The largest absolute Gasteiger partial charge is 0.455 e. The molecule has 6 aliphatic carbocycles. The molecule has 6 fully saturated rings. The van der Waals surface area contributed by atoms with Crippen LogP contribution >= 0.6 is 0 Å². The minimum absolute atomic E-state index is 0.0431. The van der Waals surface area contributed by atoms with Crippen LogP contribution in [0.4, 0.5) is 8.78 Å². The normalized spacial score (nSPS) is 28.9. The molecule has 0 heterocycles. The van der Waals surface area contributed by atoms with Gasteiger partial charge in [-0.3, -0.25) is 9.35 Å². The second-order valence-corrected chi connectivity index (χ2v) is 16.3. The number of hydrogen-bond donors (Lipinski definition) is 1. The van der Waals surface area contributed by atoms with E-state index >= 15 is 0 Å². The first-order valence-corrected chi connectivity index (χ1v) is 18.9. The van der Waals surface area contributed by atoms with Crippen molar-refractivity contribution in [2.75, 3.05) is 0 Å². The van der Waals surface area contributed by atoms with Crippen molar-refractivity contribution in [1.82, 2.24) is 0 Å². The van der Waals surface area contributed by atoms with Gasteiger partial charge in [0.2, 0.25) is 0 Å². The van der Waals surface area contributed by atoms with Crippen molar-refractivity contribution in [2.45, 2.75) is 99.5 Å². The molecule has 7 atom stereocenters. The van der Waals surface area contributed by atoms with Crippen molar-refractivity contribution in [3.8, 4) is 0 Å². The lowest BCUT2D eigenvalue weighted by molar-refractivity contribution is -0.356. The number of esters is 3. The number of ether oxygens (including phenoxy) is 3. The lowest BCUT2D eigenvalue weighted by atomic mass is 9.30. The van der Waals surface area contributed by atoms with Gasteiger partial charge in [-0.1, -0.05) is 72.8 Å². The fraction of sp³-hybridized carbons (Fsp3) is 0.571. The highest BCUT2D eigenvalue weighted by molar-refractivity contribution is 7.86. The maximum absolute atomic E-state index is 14.7. The van der Waals surface area contributed by atoms with E-state index in [1.54, 1.807) is 24.3 Å². The maximum Gasteiger partial charge on any atom is 0.405 e. The van der Waals surface area contributed by atoms with Gasteiger partial charge in [0, 0.05) is 18.3 Å². The Morgan fingerprint density at radius 3 is 2.08 bits per heavy atom. The Labute approximate surface area is 316 Å². The highest BCUT2D eigenvalue weighted by atomic mass is 32.2. The summed E-state index contributed by atoms with van der Waals surface area (Å²) >= 11 is 0. The van der Waals surface area contributed by atoms with E-state index in [1.807, 2.05) is 0 Å². The standard InChI is InChI=1S/C35H34B6F2O9S/c1-17(35(42,43)53(47,48)49)50-31(46)32-7-19-8-33(16-32,51-29(44)23-5-18(10-36)4-22(13-39)24(23)14-40)27-6-26(32)34(27,9-19)52-30(45)28-21(12-38)3-2-20(11-37)25(28)15-41/h2-5,17,19,26-27H,6-16H2,1H3,(H,47,48,49). The highest BCUT2D eigenvalue weighted by Gasteiger charge is 2.84. The Hall–Kier alpha value is -2.99. The minimum atomic E-state index is -5.97. The van der Waals surface area contributed by atoms with E-state index in [2.05, 4.69) is 0 Å². The predicted octanol–water partition coefficient (Wildman–Crippen LogP) is 2.44. The molecule has 0 amide bonds. The van der Waals surface area contributed by atoms with Crippen molar-refractivity contribution in [2.24, 2.45) is 23.2 Å². The first-order chi connectivity index (χ1) is 24.9. The summed E-state index contributed by atoms with van der Waals surface area (Å²) in [5.74, 6) is -4.60. The average Bonchev–Trinajstić information content (AvgIpc) is 3.10. The number of hydrogen-bond acceptors (Lipinski definition) is 8. The number of carbonyl (C=O) groups is 3. The fourth-order valence-electron chi connectivity index (χ4n) is 10.00. The van der Waals surface area contributed by atoms with E-state index in [1.165, 1.54) is 0 Å². The minimum Gasteiger partial charge on any atom is -0.455 e.